The summed E-state index contributed by atoms with van der Waals surface area (Å²) >= 11 is 12.2. The molecule has 1 fully saturated rings. The van der Waals surface area contributed by atoms with Crippen LogP contribution in [0.2, 0.25) is 10.0 Å². The minimum absolute atomic E-state index is 0.216. The van der Waals surface area contributed by atoms with E-state index in [4.69, 9.17) is 32.7 Å². The van der Waals surface area contributed by atoms with Gasteiger partial charge in [-0.2, -0.15) is 0 Å². The van der Waals surface area contributed by atoms with E-state index in [-0.39, 0.29) is 19.0 Å². The van der Waals surface area contributed by atoms with Gasteiger partial charge in [0, 0.05) is 23.1 Å². The van der Waals surface area contributed by atoms with Gasteiger partial charge in [-0.3, -0.25) is 4.21 Å². The average molecular weight is 501 g/mol. The van der Waals surface area contributed by atoms with Crippen molar-refractivity contribution >= 4 is 34.0 Å². The van der Waals surface area contributed by atoms with Crippen LogP contribution in [0.25, 0.3) is 0 Å². The van der Waals surface area contributed by atoms with E-state index >= 15 is 0 Å². The highest BCUT2D eigenvalue weighted by Crippen LogP contribution is 2.42. The van der Waals surface area contributed by atoms with E-state index in [1.165, 1.54) is 5.41 Å². The second-order valence-corrected chi connectivity index (χ2v) is 10.0. The van der Waals surface area contributed by atoms with Crippen LogP contribution in [0.4, 0.5) is 0 Å². The number of hydrogen-bond acceptors (Lipinski definition) is 5. The van der Waals surface area contributed by atoms with E-state index in [9.17, 15) is 9.32 Å². The summed E-state index contributed by atoms with van der Waals surface area (Å²) in [5.41, 5.74) is 2.38. The van der Waals surface area contributed by atoms with Gasteiger partial charge in [-0.15, -0.1) is 0 Å². The lowest BCUT2D eigenvalue weighted by molar-refractivity contribution is -0.333. The molecule has 2 heterocycles. The molecule has 3 unspecified atom stereocenters. The van der Waals surface area contributed by atoms with Gasteiger partial charge in [0.15, 0.2) is 0 Å². The molecule has 5 rings (SSSR count). The summed E-state index contributed by atoms with van der Waals surface area (Å²) in [7, 11) is -1.52. The summed E-state index contributed by atoms with van der Waals surface area (Å²) in [4.78, 5) is 1.55. The Hall–Kier alpha value is -2.35. The van der Waals surface area contributed by atoms with Crippen LogP contribution in [0, 0.1) is 0 Å². The monoisotopic (exact) mass is 500 g/mol. The molecule has 2 aliphatic heterocycles. The van der Waals surface area contributed by atoms with Crippen molar-refractivity contribution in [3.8, 4) is 0 Å². The first-order valence-corrected chi connectivity index (χ1v) is 12.4. The maximum Gasteiger partial charge on any atom is 0.222 e. The molecule has 0 radical (unpaired) electrons. The van der Waals surface area contributed by atoms with Crippen LogP contribution < -0.4 is 5.11 Å². The van der Waals surface area contributed by atoms with Gasteiger partial charge in [0.1, 0.15) is 11.5 Å². The SMILES string of the molecule is O=S1C=C([O-])N(CC2COC(c3ccccc3)(c3ccccc3)O2)C1c1ccc(Cl)c(Cl)c1. The van der Waals surface area contributed by atoms with E-state index < -0.39 is 28.1 Å². The normalized spacial score (nSPS) is 24.1. The summed E-state index contributed by atoms with van der Waals surface area (Å²) in [5.74, 6) is -1.40. The second kappa shape index (κ2) is 9.12. The Morgan fingerprint density at radius 3 is 2.21 bits per heavy atom. The molecule has 0 amide bonds. The summed E-state index contributed by atoms with van der Waals surface area (Å²) in [5, 5.41) is 14.0. The van der Waals surface area contributed by atoms with Crippen molar-refractivity contribution < 1.29 is 18.8 Å². The Labute approximate surface area is 204 Å². The Balaban J connectivity index is 1.44. The first kappa shape index (κ1) is 22.4. The van der Waals surface area contributed by atoms with Gasteiger partial charge >= 0.3 is 0 Å². The highest BCUT2D eigenvalue weighted by atomic mass is 35.5. The van der Waals surface area contributed by atoms with Crippen LogP contribution in [-0.2, 0) is 26.1 Å². The topological polar surface area (TPSA) is 61.8 Å². The molecule has 8 heteroatoms. The fraction of sp³-hybridized carbons (Fsp3) is 0.200. The molecule has 0 bridgehead atoms. The van der Waals surface area contributed by atoms with Crippen molar-refractivity contribution in [3.05, 3.63) is 117 Å². The van der Waals surface area contributed by atoms with Gasteiger partial charge in [0.2, 0.25) is 5.79 Å². The highest BCUT2D eigenvalue weighted by molar-refractivity contribution is 7.88. The number of benzene rings is 3. The molecule has 33 heavy (non-hydrogen) atoms. The molecule has 0 saturated carbocycles. The lowest BCUT2D eigenvalue weighted by Crippen LogP contribution is -2.38. The molecule has 0 aromatic heterocycles. The molecule has 0 aliphatic carbocycles. The summed E-state index contributed by atoms with van der Waals surface area (Å²) in [6.45, 7) is 0.488. The van der Waals surface area contributed by atoms with Gasteiger partial charge in [-0.05, 0) is 23.6 Å². The van der Waals surface area contributed by atoms with Gasteiger partial charge in [0.25, 0.3) is 0 Å². The lowest BCUT2D eigenvalue weighted by atomic mass is 9.97. The highest BCUT2D eigenvalue weighted by Gasteiger charge is 2.46. The van der Waals surface area contributed by atoms with Gasteiger partial charge in [-0.1, -0.05) is 89.9 Å². The quantitative estimate of drug-likeness (QED) is 0.514. The zero-order chi connectivity index (χ0) is 23.0. The minimum Gasteiger partial charge on any atom is -0.860 e. The van der Waals surface area contributed by atoms with Crippen LogP contribution in [0.3, 0.4) is 0 Å². The van der Waals surface area contributed by atoms with Crippen LogP contribution in [0.5, 0.6) is 0 Å². The van der Waals surface area contributed by atoms with Crippen molar-refractivity contribution in [2.45, 2.75) is 17.3 Å². The van der Waals surface area contributed by atoms with Crippen molar-refractivity contribution in [2.75, 3.05) is 13.2 Å². The molecule has 0 spiro atoms. The fourth-order valence-corrected chi connectivity index (χ4v) is 5.87. The van der Waals surface area contributed by atoms with E-state index in [1.54, 1.807) is 23.1 Å². The van der Waals surface area contributed by atoms with Gasteiger partial charge < -0.3 is 19.5 Å². The predicted molar refractivity (Wildman–Crippen MR) is 127 cm³/mol. The maximum atomic E-state index is 12.8. The van der Waals surface area contributed by atoms with Gasteiger partial charge in [0.05, 0.1) is 27.5 Å². The van der Waals surface area contributed by atoms with Crippen molar-refractivity contribution in [3.63, 3.8) is 0 Å². The van der Waals surface area contributed by atoms with Gasteiger partial charge in [-0.25, -0.2) is 0 Å². The maximum absolute atomic E-state index is 12.8. The van der Waals surface area contributed by atoms with Crippen LogP contribution >= 0.6 is 23.2 Å². The third kappa shape index (κ3) is 4.18. The Morgan fingerprint density at radius 1 is 0.970 bits per heavy atom. The minimum atomic E-state index is -1.52. The molecule has 2 aliphatic rings. The largest absolute Gasteiger partial charge is 0.860 e. The standard InChI is InChI=1S/C25H21Cl2NO4S/c26-21-12-11-17(13-22(21)27)24-28(23(29)16-33(24)30)14-20-15-31-25(32-20,18-7-3-1-4-8-18)19-9-5-2-6-10-19/h1-13,16,20,24,29H,14-15H2/p-1. The van der Waals surface area contributed by atoms with Crippen LogP contribution in [-0.4, -0.2) is 28.4 Å². The molecule has 1 saturated heterocycles. The van der Waals surface area contributed by atoms with E-state index in [0.717, 1.165) is 11.1 Å². The Kier molecular flexibility index (Phi) is 6.20. The van der Waals surface area contributed by atoms with Crippen molar-refractivity contribution in [1.82, 2.24) is 4.90 Å². The van der Waals surface area contributed by atoms with Crippen molar-refractivity contribution in [1.29, 1.82) is 0 Å². The zero-order valence-corrected chi connectivity index (χ0v) is 19.7. The first-order valence-electron chi connectivity index (χ1n) is 10.4. The second-order valence-electron chi connectivity index (χ2n) is 7.86. The van der Waals surface area contributed by atoms with E-state index in [0.29, 0.717) is 15.6 Å². The third-order valence-electron chi connectivity index (χ3n) is 5.75. The molecule has 0 N–H and O–H groups in total. The molecule has 3 aromatic rings. The summed E-state index contributed by atoms with van der Waals surface area (Å²) in [6, 6.07) is 24.5. The van der Waals surface area contributed by atoms with Crippen LogP contribution in [0.15, 0.2) is 90.2 Å². The number of rotatable bonds is 5. The first-order chi connectivity index (χ1) is 16.0. The predicted octanol–water partition coefficient (Wildman–Crippen LogP) is 4.53. The summed E-state index contributed by atoms with van der Waals surface area (Å²) in [6.07, 6.45) is -0.428. The molecule has 3 atom stereocenters. The molecular formula is C25H20Cl2NO4S-. The van der Waals surface area contributed by atoms with E-state index in [2.05, 4.69) is 0 Å². The smallest absolute Gasteiger partial charge is 0.222 e. The average Bonchev–Trinajstić information content (AvgIpc) is 3.38. The molecular weight excluding hydrogens is 481 g/mol. The Morgan fingerprint density at radius 2 is 1.61 bits per heavy atom. The number of ether oxygens (including phenoxy) is 2. The van der Waals surface area contributed by atoms with Crippen LogP contribution in [0.1, 0.15) is 22.1 Å². The fourth-order valence-electron chi connectivity index (χ4n) is 4.25. The number of nitrogens with zero attached hydrogens (tertiary/aromatic N) is 1. The lowest BCUT2D eigenvalue weighted by Gasteiger charge is -2.34. The Bertz CT molecular complexity index is 1170. The summed E-state index contributed by atoms with van der Waals surface area (Å²) < 4.78 is 25.6. The van der Waals surface area contributed by atoms with E-state index in [1.807, 2.05) is 60.7 Å². The third-order valence-corrected chi connectivity index (χ3v) is 7.88. The number of halogens is 2. The molecule has 5 nitrogen and oxygen atoms in total. The zero-order valence-electron chi connectivity index (χ0n) is 17.4. The van der Waals surface area contributed by atoms with Crippen molar-refractivity contribution in [2.24, 2.45) is 0 Å². The molecule has 3 aromatic carbocycles. The molecule has 170 valence electrons. The number of hydrogen-bond donors (Lipinski definition) is 0.